The molecule has 3 aromatic rings. The van der Waals surface area contributed by atoms with E-state index in [1.165, 1.54) is 30.2 Å². The zero-order chi connectivity index (χ0) is 25.0. The number of thiophene rings is 1. The molecule has 0 spiro atoms. The summed E-state index contributed by atoms with van der Waals surface area (Å²) in [6.45, 7) is 7.98. The van der Waals surface area contributed by atoms with Crippen LogP contribution in [0.2, 0.25) is 5.02 Å². The second kappa shape index (κ2) is 11.2. The summed E-state index contributed by atoms with van der Waals surface area (Å²) in [5.41, 5.74) is 3.21. The van der Waals surface area contributed by atoms with Crippen LogP contribution in [0.5, 0.6) is 5.75 Å². The smallest absolute Gasteiger partial charge is 0.341 e. The highest BCUT2D eigenvalue weighted by Gasteiger charge is 2.23. The number of hydrogen-bond donors (Lipinski definition) is 1. The van der Waals surface area contributed by atoms with E-state index < -0.39 is 5.97 Å². The maximum Gasteiger partial charge on any atom is 0.341 e. The first-order valence-corrected chi connectivity index (χ1v) is 12.7. The number of halogens is 1. The number of aryl methyl sites for hydroxylation is 3. The second-order valence-electron chi connectivity index (χ2n) is 7.64. The molecule has 1 N–H and O–H groups in total. The Morgan fingerprint density at radius 2 is 1.88 bits per heavy atom. The first kappa shape index (κ1) is 26.1. The highest BCUT2D eigenvalue weighted by atomic mass is 35.5. The Morgan fingerprint density at radius 3 is 2.50 bits per heavy atom. The number of rotatable bonds is 9. The lowest BCUT2D eigenvalue weighted by molar-refractivity contribution is -0.113. The van der Waals surface area contributed by atoms with Crippen LogP contribution in [0.4, 0.5) is 5.00 Å². The van der Waals surface area contributed by atoms with Gasteiger partial charge in [-0.1, -0.05) is 30.3 Å². The monoisotopic (exact) mass is 522 g/mol. The molecule has 1 amide bonds. The number of amides is 1. The van der Waals surface area contributed by atoms with Gasteiger partial charge in [0.2, 0.25) is 5.91 Å². The number of carbonyl (C=O) groups excluding carboxylic acids is 2. The summed E-state index contributed by atoms with van der Waals surface area (Å²) in [6.07, 6.45) is 0.677. The average molecular weight is 523 g/mol. The van der Waals surface area contributed by atoms with Gasteiger partial charge in [0.15, 0.2) is 11.0 Å². The van der Waals surface area contributed by atoms with Crippen molar-refractivity contribution >= 4 is 51.6 Å². The lowest BCUT2D eigenvalue weighted by atomic mass is 10.1. The van der Waals surface area contributed by atoms with E-state index in [4.69, 9.17) is 21.1 Å². The van der Waals surface area contributed by atoms with Gasteiger partial charge in [-0.05, 0) is 56.0 Å². The normalized spacial score (nSPS) is 10.9. The van der Waals surface area contributed by atoms with Crippen molar-refractivity contribution in [2.45, 2.75) is 45.9 Å². The van der Waals surface area contributed by atoms with Crippen molar-refractivity contribution in [2.75, 3.05) is 18.2 Å². The minimum atomic E-state index is -0.451. The third-order valence-electron chi connectivity index (χ3n) is 5.24. The van der Waals surface area contributed by atoms with Gasteiger partial charge < -0.3 is 19.4 Å². The lowest BCUT2D eigenvalue weighted by Crippen LogP contribution is -2.16. The number of hydrogen-bond acceptors (Lipinski definition) is 8. The van der Waals surface area contributed by atoms with Crippen LogP contribution in [0.1, 0.15) is 44.7 Å². The van der Waals surface area contributed by atoms with Gasteiger partial charge in [-0.25, -0.2) is 4.79 Å². The van der Waals surface area contributed by atoms with Crippen LogP contribution in [-0.2, 0) is 29.6 Å². The molecular weight excluding hydrogens is 496 g/mol. The van der Waals surface area contributed by atoms with Gasteiger partial charge in [-0.15, -0.1) is 21.5 Å². The molecule has 1 aromatic carbocycles. The quantitative estimate of drug-likeness (QED) is 0.308. The third-order valence-corrected chi connectivity index (χ3v) is 7.92. The van der Waals surface area contributed by atoms with Gasteiger partial charge in [-0.2, -0.15) is 0 Å². The average Bonchev–Trinajstić information content (AvgIpc) is 3.31. The number of anilines is 1. The van der Waals surface area contributed by atoms with E-state index in [0.717, 1.165) is 26.6 Å². The number of nitrogens with zero attached hydrogens (tertiary/aromatic N) is 3. The Morgan fingerprint density at radius 1 is 1.21 bits per heavy atom. The summed E-state index contributed by atoms with van der Waals surface area (Å²) in [4.78, 5) is 25.8. The molecule has 0 radical (unpaired) electrons. The third kappa shape index (κ3) is 5.73. The molecule has 0 bridgehead atoms. The Balaban J connectivity index is 1.62. The number of nitrogens with one attached hydrogen (secondary N) is 1. The first-order chi connectivity index (χ1) is 16.2. The van der Waals surface area contributed by atoms with Gasteiger partial charge in [0, 0.05) is 16.9 Å². The molecule has 0 aliphatic heterocycles. The molecule has 0 atom stereocenters. The standard InChI is InChI=1S/C23H27ClN4O4S2/c1-7-16-14(4)34-21(19(16)22(30)31-6)25-18(29)11-33-23-27-26-17(28(23)5)10-32-15-8-12(2)20(24)13(3)9-15/h8-9H,7,10-11H2,1-6H3,(H,25,29). The fourth-order valence-corrected chi connectivity index (χ4v) is 5.43. The molecule has 182 valence electrons. The van der Waals surface area contributed by atoms with Gasteiger partial charge in [0.05, 0.1) is 18.4 Å². The van der Waals surface area contributed by atoms with Crippen LogP contribution in [0.25, 0.3) is 0 Å². The molecule has 0 aliphatic rings. The lowest BCUT2D eigenvalue weighted by Gasteiger charge is -2.10. The van der Waals surface area contributed by atoms with Gasteiger partial charge in [-0.3, -0.25) is 4.79 Å². The van der Waals surface area contributed by atoms with Crippen molar-refractivity contribution in [3.05, 3.63) is 50.1 Å². The minimum Gasteiger partial charge on any atom is -0.486 e. The van der Waals surface area contributed by atoms with Gasteiger partial charge in [0.1, 0.15) is 17.4 Å². The van der Waals surface area contributed by atoms with Crippen LogP contribution in [0.3, 0.4) is 0 Å². The van der Waals surface area contributed by atoms with E-state index in [1.54, 1.807) is 4.57 Å². The molecule has 34 heavy (non-hydrogen) atoms. The van der Waals surface area contributed by atoms with Crippen LogP contribution in [0, 0.1) is 20.8 Å². The van der Waals surface area contributed by atoms with Crippen molar-refractivity contribution in [1.29, 1.82) is 0 Å². The van der Waals surface area contributed by atoms with E-state index in [2.05, 4.69) is 15.5 Å². The Labute approximate surface area is 212 Å². The van der Waals surface area contributed by atoms with E-state index in [9.17, 15) is 9.59 Å². The van der Waals surface area contributed by atoms with Crippen LogP contribution >= 0.6 is 34.7 Å². The summed E-state index contributed by atoms with van der Waals surface area (Å²) in [5.74, 6) is 0.749. The molecule has 0 unspecified atom stereocenters. The predicted octanol–water partition coefficient (Wildman–Crippen LogP) is 5.11. The number of carbonyl (C=O) groups is 2. The van der Waals surface area contributed by atoms with E-state index in [1.807, 2.05) is 46.9 Å². The van der Waals surface area contributed by atoms with Crippen molar-refractivity contribution < 1.29 is 19.1 Å². The number of benzene rings is 1. The fraction of sp³-hybridized carbons (Fsp3) is 0.391. The maximum atomic E-state index is 12.6. The van der Waals surface area contributed by atoms with Crippen molar-refractivity contribution in [2.24, 2.45) is 7.05 Å². The summed E-state index contributed by atoms with van der Waals surface area (Å²) in [6, 6.07) is 3.76. The zero-order valence-electron chi connectivity index (χ0n) is 19.9. The SMILES string of the molecule is CCc1c(C)sc(NC(=O)CSc2nnc(COc3cc(C)c(Cl)c(C)c3)n2C)c1C(=O)OC. The van der Waals surface area contributed by atoms with Gasteiger partial charge >= 0.3 is 5.97 Å². The number of ether oxygens (including phenoxy) is 2. The highest BCUT2D eigenvalue weighted by molar-refractivity contribution is 7.99. The van der Waals surface area contributed by atoms with Crippen LogP contribution in [-0.4, -0.2) is 39.5 Å². The number of esters is 1. The minimum absolute atomic E-state index is 0.113. The molecule has 2 aromatic heterocycles. The number of methoxy groups -OCH3 is 1. The molecule has 2 heterocycles. The fourth-order valence-electron chi connectivity index (χ4n) is 3.44. The molecule has 0 saturated heterocycles. The first-order valence-electron chi connectivity index (χ1n) is 10.6. The number of aromatic nitrogens is 3. The van der Waals surface area contributed by atoms with Crippen molar-refractivity contribution in [1.82, 2.24) is 14.8 Å². The molecule has 3 rings (SSSR count). The Hall–Kier alpha value is -2.56. The topological polar surface area (TPSA) is 95.3 Å². The van der Waals surface area contributed by atoms with Crippen LogP contribution < -0.4 is 10.1 Å². The Kier molecular flexibility index (Phi) is 8.62. The Bertz CT molecular complexity index is 1200. The largest absolute Gasteiger partial charge is 0.486 e. The van der Waals surface area contributed by atoms with E-state index >= 15 is 0 Å². The molecule has 0 fully saturated rings. The van der Waals surface area contributed by atoms with E-state index in [0.29, 0.717) is 33.7 Å². The molecule has 11 heteroatoms. The number of thioether (sulfide) groups is 1. The summed E-state index contributed by atoms with van der Waals surface area (Å²) >= 11 is 8.84. The predicted molar refractivity (Wildman–Crippen MR) is 135 cm³/mol. The summed E-state index contributed by atoms with van der Waals surface area (Å²) < 4.78 is 12.6. The molecular formula is C23H27ClN4O4S2. The van der Waals surface area contributed by atoms with Crippen LogP contribution in [0.15, 0.2) is 17.3 Å². The zero-order valence-corrected chi connectivity index (χ0v) is 22.3. The summed E-state index contributed by atoms with van der Waals surface area (Å²) in [7, 11) is 3.16. The van der Waals surface area contributed by atoms with E-state index in [-0.39, 0.29) is 18.3 Å². The van der Waals surface area contributed by atoms with Crippen molar-refractivity contribution in [3.63, 3.8) is 0 Å². The van der Waals surface area contributed by atoms with Gasteiger partial charge in [0.25, 0.3) is 0 Å². The molecule has 8 nitrogen and oxygen atoms in total. The highest BCUT2D eigenvalue weighted by Crippen LogP contribution is 2.34. The molecule has 0 aliphatic carbocycles. The second-order valence-corrected chi connectivity index (χ2v) is 10.2. The van der Waals surface area contributed by atoms with Crippen molar-refractivity contribution in [3.8, 4) is 5.75 Å². The maximum absolute atomic E-state index is 12.6. The molecule has 0 saturated carbocycles. The summed E-state index contributed by atoms with van der Waals surface area (Å²) in [5, 5.41) is 13.0.